The minimum Gasteiger partial charge on any atom is -0.462 e. The molecule has 1 aromatic rings. The molecule has 1 aromatic carbocycles. The van der Waals surface area contributed by atoms with Crippen LogP contribution in [0.2, 0.25) is 0 Å². The van der Waals surface area contributed by atoms with Crippen LogP contribution in [0.1, 0.15) is 20.8 Å². The van der Waals surface area contributed by atoms with Crippen LogP contribution in [0, 0.1) is 0 Å². The smallest absolute Gasteiger partial charge is 0.293 e. The molecule has 0 amide bonds. The van der Waals surface area contributed by atoms with E-state index in [9.17, 15) is 4.79 Å². The molecule has 1 fully saturated rings. The number of carbonyl (C=O) groups excluding carboxylic acids is 1. The van der Waals surface area contributed by atoms with Gasteiger partial charge in [-0.25, -0.2) is 0 Å². The molecule has 0 bridgehead atoms. The molecule has 1 saturated heterocycles. The first kappa shape index (κ1) is 16.0. The van der Waals surface area contributed by atoms with Crippen molar-refractivity contribution in [2.24, 2.45) is 0 Å². The van der Waals surface area contributed by atoms with E-state index in [0.717, 1.165) is 17.6 Å². The number of aliphatic hydroxyl groups excluding tert-OH is 1. The Kier molecular flexibility index (Phi) is 5.82. The first-order valence-corrected chi connectivity index (χ1v) is 6.91. The minimum absolute atomic E-state index is 0.131. The van der Waals surface area contributed by atoms with Gasteiger partial charge in [-0.2, -0.15) is 0 Å². The number of halogens is 1. The summed E-state index contributed by atoms with van der Waals surface area (Å²) in [7, 11) is 0. The Labute approximate surface area is 122 Å². The summed E-state index contributed by atoms with van der Waals surface area (Å²) in [4.78, 5) is 11.7. The Bertz CT molecular complexity index is 394. The van der Waals surface area contributed by atoms with Crippen molar-refractivity contribution < 1.29 is 14.6 Å². The number of rotatable bonds is 2. The lowest BCUT2D eigenvalue weighted by Crippen LogP contribution is -2.50. The monoisotopic (exact) mass is 329 g/mol. The molecule has 0 atom stereocenters. The zero-order chi connectivity index (χ0) is 14.5. The zero-order valence-corrected chi connectivity index (χ0v) is 13.1. The summed E-state index contributed by atoms with van der Waals surface area (Å²) in [5.41, 5.74) is 0.866. The summed E-state index contributed by atoms with van der Waals surface area (Å²) >= 11 is 3.38. The molecule has 0 aliphatic carbocycles. The van der Waals surface area contributed by atoms with E-state index < -0.39 is 0 Å². The van der Waals surface area contributed by atoms with Gasteiger partial charge in [-0.05, 0) is 45.0 Å². The summed E-state index contributed by atoms with van der Waals surface area (Å²) in [6.07, 6.45) is -0.131. The number of β-amino-alcohol motifs (C(OH)–C–C–N with tert-alkyl or cyclic N) is 1. The number of ether oxygens (including phenoxy) is 1. The highest BCUT2D eigenvalue weighted by molar-refractivity contribution is 9.10. The molecule has 0 unspecified atom stereocenters. The third kappa shape index (κ3) is 6.07. The quantitative estimate of drug-likeness (QED) is 0.847. The van der Waals surface area contributed by atoms with Crippen molar-refractivity contribution in [3.8, 4) is 0 Å². The van der Waals surface area contributed by atoms with Gasteiger partial charge in [0.05, 0.1) is 6.10 Å². The normalized spacial score (nSPS) is 15.1. The van der Waals surface area contributed by atoms with E-state index in [1.807, 2.05) is 32.9 Å². The number of hydrogen-bond acceptors (Lipinski definition) is 4. The maximum absolute atomic E-state index is 9.60. The fourth-order valence-electron chi connectivity index (χ4n) is 1.46. The second kappa shape index (κ2) is 6.91. The van der Waals surface area contributed by atoms with Gasteiger partial charge in [0.2, 0.25) is 0 Å². The molecule has 1 aliphatic heterocycles. The fourth-order valence-corrected chi connectivity index (χ4v) is 1.73. The van der Waals surface area contributed by atoms with Gasteiger partial charge in [0.15, 0.2) is 0 Å². The van der Waals surface area contributed by atoms with Crippen molar-refractivity contribution in [3.05, 3.63) is 28.7 Å². The molecular formula is C14H20BrNO3. The van der Waals surface area contributed by atoms with Crippen LogP contribution >= 0.6 is 15.9 Å². The second-order valence-corrected chi connectivity index (χ2v) is 6.28. The second-order valence-electron chi connectivity index (χ2n) is 5.36. The fraction of sp³-hybridized carbons (Fsp3) is 0.500. The lowest BCUT2D eigenvalue weighted by atomic mass is 10.1. The topological polar surface area (TPSA) is 49.8 Å². The molecule has 0 radical (unpaired) electrons. The average Bonchev–Trinajstić information content (AvgIpc) is 2.25. The molecule has 19 heavy (non-hydrogen) atoms. The van der Waals surface area contributed by atoms with E-state index in [1.165, 1.54) is 5.69 Å². The number of nitrogens with zero attached hydrogens (tertiary/aromatic N) is 1. The van der Waals surface area contributed by atoms with Crippen molar-refractivity contribution in [2.75, 3.05) is 18.0 Å². The van der Waals surface area contributed by atoms with Crippen LogP contribution in [-0.2, 0) is 9.53 Å². The van der Waals surface area contributed by atoms with Gasteiger partial charge >= 0.3 is 0 Å². The van der Waals surface area contributed by atoms with E-state index in [1.54, 1.807) is 0 Å². The maximum Gasteiger partial charge on any atom is 0.293 e. The van der Waals surface area contributed by atoms with Gasteiger partial charge < -0.3 is 14.7 Å². The van der Waals surface area contributed by atoms with Crippen molar-refractivity contribution >= 4 is 28.1 Å². The summed E-state index contributed by atoms with van der Waals surface area (Å²) in [6.45, 7) is 7.45. The number of aliphatic hydroxyl groups is 1. The van der Waals surface area contributed by atoms with E-state index in [-0.39, 0.29) is 11.7 Å². The number of hydrogen-bond donors (Lipinski definition) is 1. The van der Waals surface area contributed by atoms with Crippen molar-refractivity contribution in [2.45, 2.75) is 32.5 Å². The van der Waals surface area contributed by atoms with E-state index >= 15 is 0 Å². The third-order valence-electron chi connectivity index (χ3n) is 2.46. The van der Waals surface area contributed by atoms with Gasteiger partial charge in [0.1, 0.15) is 5.60 Å². The van der Waals surface area contributed by atoms with Crippen LogP contribution in [-0.4, -0.2) is 36.4 Å². The van der Waals surface area contributed by atoms with E-state index in [4.69, 9.17) is 5.11 Å². The first-order chi connectivity index (χ1) is 8.81. The zero-order valence-electron chi connectivity index (χ0n) is 11.5. The Balaban J connectivity index is 0.000000224. The van der Waals surface area contributed by atoms with Crippen LogP contribution in [0.3, 0.4) is 0 Å². The largest absolute Gasteiger partial charge is 0.462 e. The SMILES string of the molecule is CC(C)(C)OC=O.OC1CN(c2ccc(Br)cc2)C1. The van der Waals surface area contributed by atoms with Gasteiger partial charge in [0.25, 0.3) is 6.47 Å². The van der Waals surface area contributed by atoms with Gasteiger partial charge in [0, 0.05) is 23.2 Å². The van der Waals surface area contributed by atoms with Crippen molar-refractivity contribution in [1.29, 1.82) is 0 Å². The molecular weight excluding hydrogens is 310 g/mol. The molecule has 0 spiro atoms. The van der Waals surface area contributed by atoms with Crippen LogP contribution in [0.4, 0.5) is 5.69 Å². The lowest BCUT2D eigenvalue weighted by molar-refractivity contribution is -0.138. The van der Waals surface area contributed by atoms with E-state index in [2.05, 4.69) is 37.7 Å². The first-order valence-electron chi connectivity index (χ1n) is 6.12. The highest BCUT2D eigenvalue weighted by Crippen LogP contribution is 2.22. The van der Waals surface area contributed by atoms with Crippen LogP contribution < -0.4 is 4.90 Å². The standard InChI is InChI=1S/C9H10BrNO.C5H10O2/c10-7-1-3-8(4-2-7)11-5-9(12)6-11;1-5(2,3)7-4-6/h1-4,9,12H,5-6H2;4H,1-3H3. The predicted molar refractivity (Wildman–Crippen MR) is 79.3 cm³/mol. The predicted octanol–water partition coefficient (Wildman–Crippen LogP) is 2.59. The lowest BCUT2D eigenvalue weighted by Gasteiger charge is -2.37. The molecule has 0 saturated carbocycles. The summed E-state index contributed by atoms with van der Waals surface area (Å²) in [5, 5.41) is 9.08. The number of benzene rings is 1. The molecule has 0 aromatic heterocycles. The Morgan fingerprint density at radius 1 is 1.32 bits per heavy atom. The summed E-state index contributed by atoms with van der Waals surface area (Å²) in [5.74, 6) is 0. The Morgan fingerprint density at radius 2 is 1.84 bits per heavy atom. The Morgan fingerprint density at radius 3 is 2.16 bits per heavy atom. The van der Waals surface area contributed by atoms with Crippen LogP contribution in [0.15, 0.2) is 28.7 Å². The van der Waals surface area contributed by atoms with Gasteiger partial charge in [-0.1, -0.05) is 15.9 Å². The van der Waals surface area contributed by atoms with Gasteiger partial charge in [-0.15, -0.1) is 0 Å². The molecule has 5 heteroatoms. The van der Waals surface area contributed by atoms with Crippen LogP contribution in [0.25, 0.3) is 0 Å². The van der Waals surface area contributed by atoms with Gasteiger partial charge in [-0.3, -0.25) is 4.79 Å². The van der Waals surface area contributed by atoms with Crippen molar-refractivity contribution in [1.82, 2.24) is 0 Å². The summed E-state index contributed by atoms with van der Waals surface area (Å²) in [6, 6.07) is 8.13. The summed E-state index contributed by atoms with van der Waals surface area (Å²) < 4.78 is 5.64. The minimum atomic E-state index is -0.318. The molecule has 106 valence electrons. The van der Waals surface area contributed by atoms with Crippen molar-refractivity contribution in [3.63, 3.8) is 0 Å². The molecule has 1 N–H and O–H groups in total. The highest BCUT2D eigenvalue weighted by atomic mass is 79.9. The molecule has 4 nitrogen and oxygen atoms in total. The maximum atomic E-state index is 9.60. The Hall–Kier alpha value is -1.07. The average molecular weight is 330 g/mol. The molecule has 1 aliphatic rings. The third-order valence-corrected chi connectivity index (χ3v) is 2.98. The van der Waals surface area contributed by atoms with E-state index in [0.29, 0.717) is 6.47 Å². The van der Waals surface area contributed by atoms with Crippen LogP contribution in [0.5, 0.6) is 0 Å². The number of carbonyl (C=O) groups is 1. The number of anilines is 1. The highest BCUT2D eigenvalue weighted by Gasteiger charge is 2.23. The molecule has 1 heterocycles. The molecule has 2 rings (SSSR count).